The molecule has 1 aliphatic rings. The molecule has 1 aromatic heterocycles. The zero-order chi connectivity index (χ0) is 15.5. The molecule has 0 bridgehead atoms. The Hall–Kier alpha value is -2.48. The Balaban J connectivity index is 1.69. The molecule has 2 aromatic rings. The van der Waals surface area contributed by atoms with Crippen molar-refractivity contribution in [3.8, 4) is 11.5 Å². The first-order valence-electron chi connectivity index (χ1n) is 6.57. The number of nitrogens with zero attached hydrogens (tertiary/aromatic N) is 2. The van der Waals surface area contributed by atoms with Gasteiger partial charge in [0.15, 0.2) is 22.4 Å². The van der Waals surface area contributed by atoms with Crippen LogP contribution in [0.1, 0.15) is 10.4 Å². The Labute approximate surface area is 131 Å². The van der Waals surface area contributed by atoms with Crippen LogP contribution in [-0.4, -0.2) is 34.7 Å². The number of carbonyl (C=O) groups is 1. The van der Waals surface area contributed by atoms with E-state index in [1.165, 1.54) is 17.8 Å². The quantitative estimate of drug-likeness (QED) is 0.494. The third-order valence-electron chi connectivity index (χ3n) is 2.94. The predicted molar refractivity (Wildman–Crippen MR) is 83.3 cm³/mol. The molecule has 114 valence electrons. The maximum absolute atomic E-state index is 12.2. The number of benzene rings is 1. The van der Waals surface area contributed by atoms with E-state index < -0.39 is 0 Å². The zero-order valence-electron chi connectivity index (χ0n) is 11.6. The Morgan fingerprint density at radius 3 is 2.50 bits per heavy atom. The maximum Gasteiger partial charge on any atom is 0.191 e. The summed E-state index contributed by atoms with van der Waals surface area (Å²) in [5, 5.41) is 0.378. The van der Waals surface area contributed by atoms with Crippen LogP contribution in [0.5, 0.6) is 11.5 Å². The van der Waals surface area contributed by atoms with Gasteiger partial charge in [0, 0.05) is 11.6 Å². The maximum atomic E-state index is 12.2. The molecule has 0 saturated carbocycles. The molecule has 1 aliphatic heterocycles. The van der Waals surface area contributed by atoms with E-state index in [1.807, 2.05) is 0 Å². The summed E-state index contributed by atoms with van der Waals surface area (Å²) in [4.78, 5) is 20.3. The van der Waals surface area contributed by atoms with E-state index >= 15 is 0 Å². The van der Waals surface area contributed by atoms with Crippen molar-refractivity contribution >= 4 is 29.2 Å². The van der Waals surface area contributed by atoms with Crippen molar-refractivity contribution in [3.05, 3.63) is 29.8 Å². The highest BCUT2D eigenvalue weighted by molar-refractivity contribution is 7.99. The number of Topliss-reactive ketones (excluding diaryl/α,β-unsaturated/α-hetero) is 1. The van der Waals surface area contributed by atoms with E-state index in [9.17, 15) is 4.79 Å². The van der Waals surface area contributed by atoms with Crippen LogP contribution in [0.4, 0.5) is 11.6 Å². The molecule has 0 radical (unpaired) electrons. The molecule has 22 heavy (non-hydrogen) atoms. The highest BCUT2D eigenvalue weighted by Crippen LogP contribution is 2.31. The fourth-order valence-electron chi connectivity index (χ4n) is 1.96. The number of carbonyl (C=O) groups excluding carboxylic acids is 1. The van der Waals surface area contributed by atoms with Gasteiger partial charge < -0.3 is 20.9 Å². The molecular formula is C14H14N4O3S. The van der Waals surface area contributed by atoms with Gasteiger partial charge in [0.05, 0.1) is 5.75 Å². The molecule has 0 saturated heterocycles. The van der Waals surface area contributed by atoms with Crippen LogP contribution in [0, 0.1) is 0 Å². The van der Waals surface area contributed by atoms with Crippen LogP contribution in [0.2, 0.25) is 0 Å². The normalized spacial score (nSPS) is 12.9. The molecular weight excluding hydrogens is 304 g/mol. The van der Waals surface area contributed by atoms with Gasteiger partial charge in [-0.15, -0.1) is 0 Å². The lowest BCUT2D eigenvalue weighted by atomic mass is 10.1. The van der Waals surface area contributed by atoms with Crippen LogP contribution in [0.25, 0.3) is 0 Å². The second-order valence-corrected chi connectivity index (χ2v) is 5.51. The topological polar surface area (TPSA) is 113 Å². The minimum absolute atomic E-state index is 0.0634. The standard InChI is InChI=1S/C14H14N4O3S/c15-12-6-13(16)18-14(17-12)22-7-9(19)8-1-2-10-11(5-8)21-4-3-20-10/h1-2,5-6H,3-4,7H2,(H4,15,16,17,18). The number of ether oxygens (including phenoxy) is 2. The number of hydrogen-bond acceptors (Lipinski definition) is 8. The minimum Gasteiger partial charge on any atom is -0.486 e. The molecule has 3 rings (SSSR count). The van der Waals surface area contributed by atoms with Crippen LogP contribution in [0.3, 0.4) is 0 Å². The molecule has 8 heteroatoms. The van der Waals surface area contributed by atoms with Gasteiger partial charge in [-0.1, -0.05) is 11.8 Å². The summed E-state index contributed by atoms with van der Waals surface area (Å²) in [7, 11) is 0. The van der Waals surface area contributed by atoms with Crippen LogP contribution >= 0.6 is 11.8 Å². The van der Waals surface area contributed by atoms with Crippen molar-refractivity contribution in [3.63, 3.8) is 0 Å². The van der Waals surface area contributed by atoms with Gasteiger partial charge in [-0.2, -0.15) is 0 Å². The van der Waals surface area contributed by atoms with Crippen molar-refractivity contribution in [1.82, 2.24) is 9.97 Å². The fraction of sp³-hybridized carbons (Fsp3) is 0.214. The van der Waals surface area contributed by atoms with Crippen molar-refractivity contribution in [2.75, 3.05) is 30.4 Å². The summed E-state index contributed by atoms with van der Waals surface area (Å²) >= 11 is 1.19. The van der Waals surface area contributed by atoms with Gasteiger partial charge in [0.2, 0.25) is 0 Å². The third-order valence-corrected chi connectivity index (χ3v) is 3.79. The fourth-order valence-corrected chi connectivity index (χ4v) is 2.72. The number of nitrogens with two attached hydrogens (primary N) is 2. The van der Waals surface area contributed by atoms with Crippen LogP contribution in [-0.2, 0) is 0 Å². The smallest absolute Gasteiger partial charge is 0.191 e. The monoisotopic (exact) mass is 318 g/mol. The number of thioether (sulfide) groups is 1. The number of anilines is 2. The first-order chi connectivity index (χ1) is 10.6. The van der Waals surface area contributed by atoms with E-state index in [4.69, 9.17) is 20.9 Å². The van der Waals surface area contributed by atoms with Crippen LogP contribution < -0.4 is 20.9 Å². The van der Waals surface area contributed by atoms with E-state index in [0.29, 0.717) is 35.4 Å². The first-order valence-corrected chi connectivity index (χ1v) is 7.56. The second-order valence-electron chi connectivity index (χ2n) is 4.57. The van der Waals surface area contributed by atoms with Crippen LogP contribution in [0.15, 0.2) is 29.4 Å². The molecule has 4 N–H and O–H groups in total. The van der Waals surface area contributed by atoms with Crippen molar-refractivity contribution in [2.45, 2.75) is 5.16 Å². The molecule has 0 fully saturated rings. The first kappa shape index (κ1) is 14.5. The lowest BCUT2D eigenvalue weighted by Gasteiger charge is -2.18. The van der Waals surface area contributed by atoms with E-state index in [0.717, 1.165) is 0 Å². The minimum atomic E-state index is -0.0634. The van der Waals surface area contributed by atoms with Gasteiger partial charge in [-0.25, -0.2) is 9.97 Å². The molecule has 7 nitrogen and oxygen atoms in total. The molecule has 0 unspecified atom stereocenters. The zero-order valence-corrected chi connectivity index (χ0v) is 12.4. The number of rotatable bonds is 4. The van der Waals surface area contributed by atoms with E-state index in [-0.39, 0.29) is 23.2 Å². The van der Waals surface area contributed by atoms with Gasteiger partial charge in [0.25, 0.3) is 0 Å². The Bertz CT molecular complexity index is 703. The predicted octanol–water partition coefficient (Wildman–Crippen LogP) is 1.39. The number of fused-ring (bicyclic) bond motifs is 1. The number of nitrogen functional groups attached to an aromatic ring is 2. The highest BCUT2D eigenvalue weighted by Gasteiger charge is 2.15. The lowest BCUT2D eigenvalue weighted by Crippen LogP contribution is -2.16. The second kappa shape index (κ2) is 6.10. The summed E-state index contributed by atoms with van der Waals surface area (Å²) < 4.78 is 10.9. The number of hydrogen-bond donors (Lipinski definition) is 2. The Morgan fingerprint density at radius 2 is 1.77 bits per heavy atom. The van der Waals surface area contributed by atoms with Gasteiger partial charge in [-0.3, -0.25) is 4.79 Å². The molecule has 1 aromatic carbocycles. The Kier molecular flexibility index (Phi) is 4.01. The average Bonchev–Trinajstić information content (AvgIpc) is 2.51. The summed E-state index contributed by atoms with van der Waals surface area (Å²) in [6.45, 7) is 1.00. The molecule has 2 heterocycles. The number of ketones is 1. The lowest BCUT2D eigenvalue weighted by molar-refractivity contribution is 0.102. The summed E-state index contributed by atoms with van der Waals surface area (Å²) in [6.07, 6.45) is 0. The van der Waals surface area contributed by atoms with E-state index in [1.54, 1.807) is 18.2 Å². The van der Waals surface area contributed by atoms with Gasteiger partial charge >= 0.3 is 0 Å². The highest BCUT2D eigenvalue weighted by atomic mass is 32.2. The van der Waals surface area contributed by atoms with Gasteiger partial charge in [-0.05, 0) is 18.2 Å². The SMILES string of the molecule is Nc1cc(N)nc(SCC(=O)c2ccc3c(c2)OCCO3)n1. The van der Waals surface area contributed by atoms with E-state index in [2.05, 4.69) is 9.97 Å². The Morgan fingerprint density at radius 1 is 1.09 bits per heavy atom. The van der Waals surface area contributed by atoms with Crippen molar-refractivity contribution in [2.24, 2.45) is 0 Å². The van der Waals surface area contributed by atoms with Gasteiger partial charge in [0.1, 0.15) is 24.8 Å². The summed E-state index contributed by atoms with van der Waals surface area (Å²) in [5.74, 6) is 1.92. The largest absolute Gasteiger partial charge is 0.486 e. The van der Waals surface area contributed by atoms with Crippen molar-refractivity contribution < 1.29 is 14.3 Å². The number of aromatic nitrogens is 2. The molecule has 0 spiro atoms. The summed E-state index contributed by atoms with van der Waals surface area (Å²) in [6, 6.07) is 6.60. The summed E-state index contributed by atoms with van der Waals surface area (Å²) in [5.41, 5.74) is 11.7. The molecule has 0 amide bonds. The average molecular weight is 318 g/mol. The molecule has 0 atom stereocenters. The van der Waals surface area contributed by atoms with Crippen molar-refractivity contribution in [1.29, 1.82) is 0 Å². The third kappa shape index (κ3) is 3.22. The molecule has 0 aliphatic carbocycles.